The zero-order chi connectivity index (χ0) is 15.0. The van der Waals surface area contributed by atoms with Crippen molar-refractivity contribution in [1.29, 1.82) is 0 Å². The fourth-order valence-electron chi connectivity index (χ4n) is 2.04. The van der Waals surface area contributed by atoms with Gasteiger partial charge in [-0.25, -0.2) is 4.79 Å². The van der Waals surface area contributed by atoms with E-state index in [4.69, 9.17) is 9.47 Å². The minimum Gasteiger partial charge on any atom is -0.449 e. The van der Waals surface area contributed by atoms with E-state index < -0.39 is 6.09 Å². The Balaban J connectivity index is 2.53. The second-order valence-corrected chi connectivity index (χ2v) is 5.88. The molecule has 1 rings (SSSR count). The van der Waals surface area contributed by atoms with Crippen molar-refractivity contribution in [3.8, 4) is 0 Å². The molecule has 1 amide bonds. The fraction of sp³-hybridized carbons (Fsp3) is 0.867. The molecule has 0 radical (unpaired) electrons. The number of carbonyl (C=O) groups excluding carboxylic acids is 1. The van der Waals surface area contributed by atoms with Crippen molar-refractivity contribution < 1.29 is 14.3 Å². The number of ether oxygens (including phenoxy) is 2. The molecule has 0 spiro atoms. The molecule has 20 heavy (non-hydrogen) atoms. The highest BCUT2D eigenvalue weighted by molar-refractivity contribution is 5.98. The quantitative estimate of drug-likeness (QED) is 0.863. The van der Waals surface area contributed by atoms with Crippen molar-refractivity contribution in [1.82, 2.24) is 5.32 Å². The molecule has 0 aliphatic carbocycles. The van der Waals surface area contributed by atoms with E-state index >= 15 is 0 Å². The van der Waals surface area contributed by atoms with Crippen LogP contribution in [0.25, 0.3) is 0 Å². The summed E-state index contributed by atoms with van der Waals surface area (Å²) in [5, 5.41) is 2.81. The van der Waals surface area contributed by atoms with Gasteiger partial charge in [-0.15, -0.1) is 0 Å². The van der Waals surface area contributed by atoms with E-state index in [2.05, 4.69) is 38.0 Å². The second kappa shape index (κ2) is 8.25. The van der Waals surface area contributed by atoms with Gasteiger partial charge in [-0.3, -0.25) is 10.3 Å². The Labute approximate surface area is 122 Å². The van der Waals surface area contributed by atoms with Crippen molar-refractivity contribution in [3.63, 3.8) is 0 Å². The first-order valence-electron chi connectivity index (χ1n) is 7.56. The number of amides is 1. The van der Waals surface area contributed by atoms with Crippen molar-refractivity contribution in [2.75, 3.05) is 26.4 Å². The molecule has 0 saturated heterocycles. The summed E-state index contributed by atoms with van der Waals surface area (Å²) in [6, 6.07) is 0. The third-order valence-corrected chi connectivity index (χ3v) is 3.84. The summed E-state index contributed by atoms with van der Waals surface area (Å²) in [6.45, 7) is 10.7. The van der Waals surface area contributed by atoms with Crippen LogP contribution in [0.3, 0.4) is 0 Å². The third-order valence-electron chi connectivity index (χ3n) is 3.84. The van der Waals surface area contributed by atoms with Gasteiger partial charge >= 0.3 is 6.09 Å². The highest BCUT2D eigenvalue weighted by Crippen LogP contribution is 2.23. The lowest BCUT2D eigenvalue weighted by Gasteiger charge is -2.28. The molecule has 0 saturated carbocycles. The third kappa shape index (κ3) is 5.49. The highest BCUT2D eigenvalue weighted by Gasteiger charge is 2.28. The van der Waals surface area contributed by atoms with Crippen molar-refractivity contribution in [3.05, 3.63) is 0 Å². The molecular weight excluding hydrogens is 256 g/mol. The van der Waals surface area contributed by atoms with Gasteiger partial charge in [0.15, 0.2) is 0 Å². The van der Waals surface area contributed by atoms with E-state index in [1.54, 1.807) is 0 Å². The molecule has 0 bridgehead atoms. The van der Waals surface area contributed by atoms with E-state index in [-0.39, 0.29) is 5.41 Å². The molecule has 0 atom stereocenters. The lowest BCUT2D eigenvalue weighted by molar-refractivity contribution is 0.114. The number of aliphatic imine (C=N–C) groups is 1. The maximum Gasteiger partial charge on any atom is 0.412 e. The van der Waals surface area contributed by atoms with Gasteiger partial charge < -0.3 is 9.47 Å². The van der Waals surface area contributed by atoms with Crippen LogP contribution in [-0.2, 0) is 9.47 Å². The van der Waals surface area contributed by atoms with E-state index in [9.17, 15) is 4.79 Å². The van der Waals surface area contributed by atoms with Crippen LogP contribution in [0, 0.1) is 11.3 Å². The summed E-state index contributed by atoms with van der Waals surface area (Å²) < 4.78 is 10.7. The fourth-order valence-corrected chi connectivity index (χ4v) is 2.04. The van der Waals surface area contributed by atoms with Crippen LogP contribution >= 0.6 is 0 Å². The Bertz CT molecular complexity index is 336. The number of rotatable bonds is 4. The average molecular weight is 284 g/mol. The zero-order valence-corrected chi connectivity index (χ0v) is 13.2. The number of amidine groups is 1. The maximum atomic E-state index is 11.9. The Morgan fingerprint density at radius 2 is 2.10 bits per heavy atom. The lowest BCUT2D eigenvalue weighted by atomic mass is 9.88. The molecule has 0 aromatic heterocycles. The van der Waals surface area contributed by atoms with E-state index in [0.29, 0.717) is 38.1 Å². The molecule has 116 valence electrons. The standard InChI is InChI=1S/C15H28N2O3/c1-5-12(6-2)11-20-14(18)17-13-15(3,4)7-9-19-10-8-16-13/h12H,5-11H2,1-4H3,(H,16,17,18). The van der Waals surface area contributed by atoms with Gasteiger partial charge in [0, 0.05) is 12.0 Å². The van der Waals surface area contributed by atoms with Crippen LogP contribution in [0.2, 0.25) is 0 Å². The van der Waals surface area contributed by atoms with E-state index in [1.807, 2.05) is 0 Å². The number of hydrogen-bond acceptors (Lipinski definition) is 4. The van der Waals surface area contributed by atoms with Gasteiger partial charge in [-0.1, -0.05) is 40.5 Å². The second-order valence-electron chi connectivity index (χ2n) is 5.88. The summed E-state index contributed by atoms with van der Waals surface area (Å²) in [4.78, 5) is 16.3. The number of hydrogen-bond donors (Lipinski definition) is 1. The Morgan fingerprint density at radius 3 is 2.75 bits per heavy atom. The molecule has 1 N–H and O–H groups in total. The Kier molecular flexibility index (Phi) is 6.99. The maximum absolute atomic E-state index is 11.9. The van der Waals surface area contributed by atoms with Crippen molar-refractivity contribution in [2.24, 2.45) is 16.3 Å². The van der Waals surface area contributed by atoms with Gasteiger partial charge in [-0.2, -0.15) is 0 Å². The minimum absolute atomic E-state index is 0.200. The smallest absolute Gasteiger partial charge is 0.412 e. The van der Waals surface area contributed by atoms with Gasteiger partial charge in [-0.05, 0) is 12.3 Å². The lowest BCUT2D eigenvalue weighted by Crippen LogP contribution is -2.43. The molecule has 0 aromatic carbocycles. The van der Waals surface area contributed by atoms with Crippen molar-refractivity contribution in [2.45, 2.75) is 47.0 Å². The first kappa shape index (κ1) is 17.0. The summed E-state index contributed by atoms with van der Waals surface area (Å²) in [5.74, 6) is 1.14. The molecule has 1 heterocycles. The molecular formula is C15H28N2O3. The highest BCUT2D eigenvalue weighted by atomic mass is 16.5. The summed E-state index contributed by atoms with van der Waals surface area (Å²) in [5.41, 5.74) is -0.200. The molecule has 0 fully saturated rings. The molecule has 1 aliphatic heterocycles. The SMILES string of the molecule is CCC(CC)COC(=O)NC1=NCCOCCC1(C)C. The number of carbonyl (C=O) groups is 1. The largest absolute Gasteiger partial charge is 0.449 e. The number of alkyl carbamates (subject to hydrolysis) is 1. The molecule has 5 nitrogen and oxygen atoms in total. The van der Waals surface area contributed by atoms with Gasteiger partial charge in [0.25, 0.3) is 0 Å². The Hall–Kier alpha value is -1.10. The monoisotopic (exact) mass is 284 g/mol. The van der Waals surface area contributed by atoms with Crippen LogP contribution in [0.5, 0.6) is 0 Å². The molecule has 1 aliphatic rings. The zero-order valence-electron chi connectivity index (χ0n) is 13.2. The van der Waals surface area contributed by atoms with Crippen LogP contribution in [-0.4, -0.2) is 38.3 Å². The summed E-state index contributed by atoms with van der Waals surface area (Å²) in [7, 11) is 0. The minimum atomic E-state index is -0.398. The number of nitrogens with one attached hydrogen (secondary N) is 1. The molecule has 5 heteroatoms. The molecule has 0 unspecified atom stereocenters. The Morgan fingerprint density at radius 1 is 1.40 bits per heavy atom. The van der Waals surface area contributed by atoms with Crippen molar-refractivity contribution >= 4 is 11.9 Å². The van der Waals surface area contributed by atoms with Crippen LogP contribution < -0.4 is 5.32 Å². The van der Waals surface area contributed by atoms with E-state index in [1.165, 1.54) is 0 Å². The van der Waals surface area contributed by atoms with Gasteiger partial charge in [0.2, 0.25) is 0 Å². The number of nitrogens with zero attached hydrogens (tertiary/aromatic N) is 1. The average Bonchev–Trinajstić information content (AvgIpc) is 2.40. The van der Waals surface area contributed by atoms with Gasteiger partial charge in [0.1, 0.15) is 5.84 Å². The van der Waals surface area contributed by atoms with Crippen LogP contribution in [0.4, 0.5) is 4.79 Å². The first-order chi connectivity index (χ1) is 9.49. The summed E-state index contributed by atoms with van der Waals surface area (Å²) >= 11 is 0. The topological polar surface area (TPSA) is 59.9 Å². The summed E-state index contributed by atoms with van der Waals surface area (Å²) in [6.07, 6.45) is 2.48. The van der Waals surface area contributed by atoms with Crippen LogP contribution in [0.15, 0.2) is 4.99 Å². The van der Waals surface area contributed by atoms with E-state index in [0.717, 1.165) is 19.3 Å². The normalized spacial score (nSPS) is 18.9. The van der Waals surface area contributed by atoms with Crippen LogP contribution in [0.1, 0.15) is 47.0 Å². The first-order valence-corrected chi connectivity index (χ1v) is 7.56. The van der Waals surface area contributed by atoms with Gasteiger partial charge in [0.05, 0.1) is 19.8 Å². The predicted molar refractivity (Wildman–Crippen MR) is 80.1 cm³/mol. The molecule has 0 aromatic rings. The predicted octanol–water partition coefficient (Wildman–Crippen LogP) is 2.99.